The van der Waals surface area contributed by atoms with Crippen molar-refractivity contribution in [3.8, 4) is 0 Å². The van der Waals surface area contributed by atoms with Crippen molar-refractivity contribution in [3.05, 3.63) is 33.3 Å². The lowest BCUT2D eigenvalue weighted by molar-refractivity contribution is -0.143. The summed E-state index contributed by atoms with van der Waals surface area (Å²) in [6.45, 7) is 4.69. The third-order valence-corrected chi connectivity index (χ3v) is 3.59. The second kappa shape index (κ2) is 7.88. The van der Waals surface area contributed by atoms with Crippen molar-refractivity contribution in [3.63, 3.8) is 0 Å². The normalized spacial score (nSPS) is 12.5. The monoisotopic (exact) mass is 347 g/mol. The molecular formula is C14H19BrClNO2. The first-order valence-electron chi connectivity index (χ1n) is 6.19. The third-order valence-electron chi connectivity index (χ3n) is 2.75. The highest BCUT2D eigenvalue weighted by atomic mass is 79.9. The molecule has 0 radical (unpaired) electrons. The van der Waals surface area contributed by atoms with Gasteiger partial charge in [-0.15, -0.1) is 0 Å². The largest absolute Gasteiger partial charge is 0.468 e. The van der Waals surface area contributed by atoms with E-state index in [4.69, 9.17) is 16.3 Å². The van der Waals surface area contributed by atoms with Crippen LogP contribution in [0.25, 0.3) is 0 Å². The minimum atomic E-state index is -0.301. The summed E-state index contributed by atoms with van der Waals surface area (Å²) in [4.78, 5) is 11.7. The van der Waals surface area contributed by atoms with Crippen molar-refractivity contribution in [2.45, 2.75) is 32.9 Å². The van der Waals surface area contributed by atoms with E-state index >= 15 is 0 Å². The molecule has 1 N–H and O–H groups in total. The Bertz CT molecular complexity index is 437. The number of hydrogen-bond acceptors (Lipinski definition) is 3. The van der Waals surface area contributed by atoms with Gasteiger partial charge in [0.2, 0.25) is 0 Å². The predicted octanol–water partition coefficient (Wildman–Crippen LogP) is 3.78. The number of benzene rings is 1. The summed E-state index contributed by atoms with van der Waals surface area (Å²) < 4.78 is 5.75. The van der Waals surface area contributed by atoms with E-state index in [0.717, 1.165) is 16.5 Å². The Hall–Kier alpha value is -0.580. The molecule has 0 saturated heterocycles. The average Bonchev–Trinajstić information content (AvgIpc) is 2.34. The van der Waals surface area contributed by atoms with Gasteiger partial charge in [0.15, 0.2) is 0 Å². The highest BCUT2D eigenvalue weighted by molar-refractivity contribution is 9.10. The fraction of sp³-hybridized carbons (Fsp3) is 0.500. The second-order valence-corrected chi connectivity index (χ2v) is 6.14. The summed E-state index contributed by atoms with van der Waals surface area (Å²) in [6, 6.07) is 5.40. The van der Waals surface area contributed by atoms with Gasteiger partial charge in [0, 0.05) is 16.0 Å². The maximum atomic E-state index is 11.7. The van der Waals surface area contributed by atoms with E-state index in [2.05, 4.69) is 35.1 Å². The van der Waals surface area contributed by atoms with Crippen LogP contribution in [0.15, 0.2) is 22.7 Å². The molecular weight excluding hydrogens is 330 g/mol. The summed E-state index contributed by atoms with van der Waals surface area (Å²) in [5.41, 5.74) is 0.961. The zero-order chi connectivity index (χ0) is 14.4. The molecule has 0 spiro atoms. The first kappa shape index (κ1) is 16.5. The molecule has 0 fully saturated rings. The van der Waals surface area contributed by atoms with E-state index in [1.54, 1.807) is 0 Å². The molecule has 0 saturated carbocycles. The zero-order valence-corrected chi connectivity index (χ0v) is 13.7. The smallest absolute Gasteiger partial charge is 0.322 e. The summed E-state index contributed by atoms with van der Waals surface area (Å²) in [5, 5.41) is 3.88. The number of methoxy groups -OCH3 is 1. The number of halogens is 2. The van der Waals surface area contributed by atoms with Crippen LogP contribution in [0.2, 0.25) is 5.02 Å². The maximum Gasteiger partial charge on any atom is 0.322 e. The fourth-order valence-electron chi connectivity index (χ4n) is 1.77. The highest BCUT2D eigenvalue weighted by Gasteiger charge is 2.20. The van der Waals surface area contributed by atoms with Crippen molar-refractivity contribution in [1.82, 2.24) is 5.32 Å². The fourth-order valence-corrected chi connectivity index (χ4v) is 2.51. The molecule has 0 bridgehead atoms. The number of nitrogens with one attached hydrogen (secondary N) is 1. The van der Waals surface area contributed by atoms with Gasteiger partial charge in [-0.25, -0.2) is 0 Å². The average molecular weight is 349 g/mol. The van der Waals surface area contributed by atoms with Crippen LogP contribution in [-0.4, -0.2) is 19.1 Å². The van der Waals surface area contributed by atoms with Crippen LogP contribution in [0.1, 0.15) is 25.8 Å². The number of hydrogen-bond donors (Lipinski definition) is 1. The Morgan fingerprint density at radius 2 is 2.16 bits per heavy atom. The molecule has 1 aromatic carbocycles. The summed E-state index contributed by atoms with van der Waals surface area (Å²) in [7, 11) is 1.41. The molecule has 3 nitrogen and oxygen atoms in total. The Balaban J connectivity index is 2.67. The molecule has 0 aliphatic rings. The molecule has 1 unspecified atom stereocenters. The van der Waals surface area contributed by atoms with E-state index < -0.39 is 0 Å². The van der Waals surface area contributed by atoms with Gasteiger partial charge < -0.3 is 10.1 Å². The minimum absolute atomic E-state index is 0.234. The summed E-state index contributed by atoms with van der Waals surface area (Å²) >= 11 is 9.51. The van der Waals surface area contributed by atoms with Crippen LogP contribution >= 0.6 is 27.5 Å². The van der Waals surface area contributed by atoms with Crippen LogP contribution in [0.4, 0.5) is 0 Å². The summed E-state index contributed by atoms with van der Waals surface area (Å²) in [5.74, 6) is 0.180. The molecule has 106 valence electrons. The molecule has 1 rings (SSSR count). The lowest BCUT2D eigenvalue weighted by Crippen LogP contribution is -2.38. The molecule has 1 atom stereocenters. The molecule has 0 heterocycles. The van der Waals surface area contributed by atoms with E-state index in [1.165, 1.54) is 7.11 Å². The van der Waals surface area contributed by atoms with Crippen LogP contribution in [0, 0.1) is 5.92 Å². The lowest BCUT2D eigenvalue weighted by atomic mass is 10.0. The van der Waals surface area contributed by atoms with Crippen molar-refractivity contribution < 1.29 is 9.53 Å². The standard InChI is InChI=1S/C14H19BrClNO2/c1-9(2)6-13(14(18)19-3)17-8-10-4-5-11(15)7-12(10)16/h4-5,7,9,13,17H,6,8H2,1-3H3. The number of esters is 1. The van der Waals surface area contributed by atoms with Gasteiger partial charge in [-0.1, -0.05) is 47.4 Å². The van der Waals surface area contributed by atoms with Crippen molar-refractivity contribution in [2.75, 3.05) is 7.11 Å². The topological polar surface area (TPSA) is 38.3 Å². The van der Waals surface area contributed by atoms with Crippen LogP contribution in [-0.2, 0) is 16.1 Å². The van der Waals surface area contributed by atoms with E-state index in [1.807, 2.05) is 18.2 Å². The van der Waals surface area contributed by atoms with Crippen molar-refractivity contribution in [1.29, 1.82) is 0 Å². The zero-order valence-electron chi connectivity index (χ0n) is 11.4. The Labute approximate surface area is 127 Å². The van der Waals surface area contributed by atoms with E-state index in [9.17, 15) is 4.79 Å². The molecule has 0 aliphatic heterocycles. The SMILES string of the molecule is COC(=O)C(CC(C)C)NCc1ccc(Br)cc1Cl. The van der Waals surface area contributed by atoms with Crippen LogP contribution in [0.3, 0.4) is 0 Å². The predicted molar refractivity (Wildman–Crippen MR) is 81.3 cm³/mol. The van der Waals surface area contributed by atoms with Crippen LogP contribution < -0.4 is 5.32 Å². The van der Waals surface area contributed by atoms with Gasteiger partial charge in [0.25, 0.3) is 0 Å². The lowest BCUT2D eigenvalue weighted by Gasteiger charge is -2.18. The van der Waals surface area contributed by atoms with Gasteiger partial charge in [0.1, 0.15) is 6.04 Å². The van der Waals surface area contributed by atoms with Crippen LogP contribution in [0.5, 0.6) is 0 Å². The molecule has 0 aromatic heterocycles. The quantitative estimate of drug-likeness (QED) is 0.795. The molecule has 0 amide bonds. The Kier molecular flexibility index (Phi) is 6.83. The maximum absolute atomic E-state index is 11.7. The first-order chi connectivity index (χ1) is 8.93. The van der Waals surface area contributed by atoms with Gasteiger partial charge in [-0.2, -0.15) is 0 Å². The number of carbonyl (C=O) groups is 1. The number of carbonyl (C=O) groups excluding carboxylic acids is 1. The van der Waals surface area contributed by atoms with E-state index in [-0.39, 0.29) is 12.0 Å². The minimum Gasteiger partial charge on any atom is -0.468 e. The van der Waals surface area contributed by atoms with Crippen molar-refractivity contribution >= 4 is 33.5 Å². The van der Waals surface area contributed by atoms with Gasteiger partial charge >= 0.3 is 5.97 Å². The highest BCUT2D eigenvalue weighted by Crippen LogP contribution is 2.21. The second-order valence-electron chi connectivity index (χ2n) is 4.82. The Morgan fingerprint density at radius 3 is 2.68 bits per heavy atom. The molecule has 19 heavy (non-hydrogen) atoms. The number of rotatable bonds is 6. The number of ether oxygens (including phenoxy) is 1. The first-order valence-corrected chi connectivity index (χ1v) is 7.36. The third kappa shape index (κ3) is 5.51. The molecule has 5 heteroatoms. The summed E-state index contributed by atoms with van der Waals surface area (Å²) in [6.07, 6.45) is 0.737. The van der Waals surface area contributed by atoms with Gasteiger partial charge in [0.05, 0.1) is 7.11 Å². The van der Waals surface area contributed by atoms with E-state index in [0.29, 0.717) is 17.5 Å². The van der Waals surface area contributed by atoms with Gasteiger partial charge in [-0.3, -0.25) is 4.79 Å². The molecule has 1 aromatic rings. The Morgan fingerprint density at radius 1 is 1.47 bits per heavy atom. The van der Waals surface area contributed by atoms with Crippen molar-refractivity contribution in [2.24, 2.45) is 5.92 Å². The van der Waals surface area contributed by atoms with Gasteiger partial charge in [-0.05, 0) is 30.0 Å². The molecule has 0 aliphatic carbocycles.